The first-order valence-corrected chi connectivity index (χ1v) is 7.08. The molecule has 0 N–H and O–H groups in total. The van der Waals surface area contributed by atoms with Gasteiger partial charge in [-0.25, -0.2) is 0 Å². The highest BCUT2D eigenvalue weighted by Crippen LogP contribution is 2.51. The Balaban J connectivity index is 1.77. The van der Waals surface area contributed by atoms with Gasteiger partial charge in [-0.1, -0.05) is 34.1 Å². The van der Waals surface area contributed by atoms with Crippen molar-refractivity contribution < 1.29 is 0 Å². The average Bonchev–Trinajstić information content (AvgIpc) is 2.70. The van der Waals surface area contributed by atoms with Crippen LogP contribution in [0.4, 0.5) is 0 Å². The zero-order valence-electron chi connectivity index (χ0n) is 11.0. The maximum atomic E-state index is 2.52. The van der Waals surface area contributed by atoms with Crippen LogP contribution in [0.25, 0.3) is 0 Å². The molecular weight excluding hydrogens is 180 g/mol. The van der Waals surface area contributed by atoms with E-state index >= 15 is 0 Å². The second-order valence-corrected chi connectivity index (χ2v) is 6.80. The van der Waals surface area contributed by atoms with Gasteiger partial charge >= 0.3 is 0 Å². The number of rotatable bonds is 4. The summed E-state index contributed by atoms with van der Waals surface area (Å²) < 4.78 is 0. The molecule has 5 atom stereocenters. The second-order valence-electron chi connectivity index (χ2n) is 6.80. The smallest absolute Gasteiger partial charge is 0.0357 e. The third kappa shape index (κ3) is 2.77. The van der Waals surface area contributed by atoms with Gasteiger partial charge < -0.3 is 0 Å². The summed E-state index contributed by atoms with van der Waals surface area (Å²) in [6, 6.07) is 0. The molecule has 2 saturated carbocycles. The summed E-state index contributed by atoms with van der Waals surface area (Å²) in [4.78, 5) is 0. The van der Waals surface area contributed by atoms with Crippen molar-refractivity contribution in [2.45, 2.75) is 59.8 Å². The van der Waals surface area contributed by atoms with Crippen molar-refractivity contribution in [3.8, 4) is 0 Å². The monoisotopic (exact) mass is 208 g/mol. The molecule has 0 aromatic heterocycles. The Morgan fingerprint density at radius 2 is 1.73 bits per heavy atom. The van der Waals surface area contributed by atoms with E-state index in [0.29, 0.717) is 0 Å². The van der Waals surface area contributed by atoms with E-state index in [0.717, 1.165) is 35.5 Å². The lowest BCUT2D eigenvalue weighted by molar-refractivity contribution is 0.299. The fraction of sp³-hybridized carbons (Fsp3) is 1.00. The molecule has 0 aromatic carbocycles. The van der Waals surface area contributed by atoms with Crippen molar-refractivity contribution in [1.29, 1.82) is 0 Å². The zero-order chi connectivity index (χ0) is 11.0. The minimum Gasteiger partial charge on any atom is -0.0628 e. The lowest BCUT2D eigenvalue weighted by Gasteiger charge is -2.20. The average molecular weight is 208 g/mol. The van der Waals surface area contributed by atoms with Crippen LogP contribution in [0, 0.1) is 35.5 Å². The summed E-state index contributed by atoms with van der Waals surface area (Å²) in [7, 11) is 0. The third-order valence-corrected chi connectivity index (χ3v) is 4.98. The summed E-state index contributed by atoms with van der Waals surface area (Å²) in [6.45, 7) is 9.71. The van der Waals surface area contributed by atoms with Gasteiger partial charge in [-0.05, 0) is 61.2 Å². The SMILES string of the molecule is CC(C)CC1CCC(C(C)C2CC2C)C1. The lowest BCUT2D eigenvalue weighted by Crippen LogP contribution is -2.11. The van der Waals surface area contributed by atoms with Crippen molar-refractivity contribution in [2.24, 2.45) is 35.5 Å². The molecule has 2 fully saturated rings. The first-order chi connectivity index (χ1) is 7.08. The molecule has 15 heavy (non-hydrogen) atoms. The van der Waals surface area contributed by atoms with Crippen LogP contribution in [0.15, 0.2) is 0 Å². The molecule has 0 aromatic rings. The van der Waals surface area contributed by atoms with Crippen LogP contribution in [-0.4, -0.2) is 0 Å². The Morgan fingerprint density at radius 3 is 2.27 bits per heavy atom. The van der Waals surface area contributed by atoms with Gasteiger partial charge in [0.05, 0.1) is 0 Å². The molecule has 2 rings (SSSR count). The van der Waals surface area contributed by atoms with Crippen LogP contribution in [0.1, 0.15) is 59.8 Å². The molecule has 88 valence electrons. The molecule has 0 saturated heterocycles. The first kappa shape index (κ1) is 11.5. The predicted octanol–water partition coefficient (Wildman–Crippen LogP) is 4.74. The van der Waals surface area contributed by atoms with Crippen LogP contribution in [0.5, 0.6) is 0 Å². The first-order valence-electron chi connectivity index (χ1n) is 7.08. The number of hydrogen-bond donors (Lipinski definition) is 0. The molecule has 0 aliphatic heterocycles. The molecule has 0 nitrogen and oxygen atoms in total. The molecule has 0 heteroatoms. The van der Waals surface area contributed by atoms with E-state index in [1.165, 1.54) is 25.7 Å². The zero-order valence-corrected chi connectivity index (χ0v) is 11.0. The molecule has 5 unspecified atom stereocenters. The normalized spacial score (nSPS) is 42.2. The Labute approximate surface area is 95.8 Å². The molecule has 0 amide bonds. The van der Waals surface area contributed by atoms with E-state index in [1.807, 2.05) is 0 Å². The van der Waals surface area contributed by atoms with Crippen LogP contribution in [-0.2, 0) is 0 Å². The van der Waals surface area contributed by atoms with E-state index < -0.39 is 0 Å². The molecule has 2 aliphatic rings. The predicted molar refractivity (Wildman–Crippen MR) is 66.7 cm³/mol. The number of hydrogen-bond acceptors (Lipinski definition) is 0. The highest BCUT2D eigenvalue weighted by molar-refractivity contribution is 4.91. The molecule has 0 radical (unpaired) electrons. The summed E-state index contributed by atoms with van der Waals surface area (Å²) >= 11 is 0. The fourth-order valence-corrected chi connectivity index (χ4v) is 3.91. The van der Waals surface area contributed by atoms with Gasteiger partial charge in [0.25, 0.3) is 0 Å². The van der Waals surface area contributed by atoms with Crippen LogP contribution in [0.3, 0.4) is 0 Å². The fourth-order valence-electron chi connectivity index (χ4n) is 3.91. The highest BCUT2D eigenvalue weighted by Gasteiger charge is 2.42. The van der Waals surface area contributed by atoms with Crippen LogP contribution in [0.2, 0.25) is 0 Å². The van der Waals surface area contributed by atoms with Crippen LogP contribution >= 0.6 is 0 Å². The van der Waals surface area contributed by atoms with Crippen molar-refractivity contribution in [2.75, 3.05) is 0 Å². The van der Waals surface area contributed by atoms with Gasteiger partial charge in [-0.3, -0.25) is 0 Å². The van der Waals surface area contributed by atoms with E-state index in [4.69, 9.17) is 0 Å². The van der Waals surface area contributed by atoms with E-state index in [1.54, 1.807) is 6.42 Å². The quantitative estimate of drug-likeness (QED) is 0.626. The van der Waals surface area contributed by atoms with Gasteiger partial charge in [0.15, 0.2) is 0 Å². The molecule has 0 bridgehead atoms. The summed E-state index contributed by atoms with van der Waals surface area (Å²) in [5.41, 5.74) is 0. The van der Waals surface area contributed by atoms with Gasteiger partial charge in [0.2, 0.25) is 0 Å². The summed E-state index contributed by atoms with van der Waals surface area (Å²) in [5.74, 6) is 6.20. The van der Waals surface area contributed by atoms with E-state index in [9.17, 15) is 0 Å². The Morgan fingerprint density at radius 1 is 1.07 bits per heavy atom. The largest absolute Gasteiger partial charge is 0.0628 e. The maximum absolute atomic E-state index is 2.52. The standard InChI is InChI=1S/C15H28/c1-10(2)7-13-5-6-14(9-13)12(4)15-8-11(15)3/h10-15H,5-9H2,1-4H3. The Hall–Kier alpha value is 0. The topological polar surface area (TPSA) is 0 Å². The maximum Gasteiger partial charge on any atom is -0.0357 e. The summed E-state index contributed by atoms with van der Waals surface area (Å²) in [6.07, 6.45) is 7.59. The minimum absolute atomic E-state index is 0.906. The van der Waals surface area contributed by atoms with E-state index in [2.05, 4.69) is 27.7 Å². The van der Waals surface area contributed by atoms with Crippen molar-refractivity contribution in [3.05, 3.63) is 0 Å². The minimum atomic E-state index is 0.906. The van der Waals surface area contributed by atoms with Gasteiger partial charge in [0.1, 0.15) is 0 Å². The lowest BCUT2D eigenvalue weighted by atomic mass is 9.86. The van der Waals surface area contributed by atoms with Crippen molar-refractivity contribution in [3.63, 3.8) is 0 Å². The molecule has 2 aliphatic carbocycles. The highest BCUT2D eigenvalue weighted by atomic mass is 14.5. The Kier molecular flexibility index (Phi) is 3.42. The summed E-state index contributed by atoms with van der Waals surface area (Å²) in [5, 5.41) is 0. The van der Waals surface area contributed by atoms with Gasteiger partial charge in [0, 0.05) is 0 Å². The van der Waals surface area contributed by atoms with E-state index in [-0.39, 0.29) is 0 Å². The second kappa shape index (κ2) is 4.47. The van der Waals surface area contributed by atoms with Gasteiger partial charge in [-0.2, -0.15) is 0 Å². The van der Waals surface area contributed by atoms with Gasteiger partial charge in [-0.15, -0.1) is 0 Å². The Bertz CT molecular complexity index is 206. The van der Waals surface area contributed by atoms with Crippen LogP contribution < -0.4 is 0 Å². The van der Waals surface area contributed by atoms with Crippen molar-refractivity contribution >= 4 is 0 Å². The van der Waals surface area contributed by atoms with Crippen molar-refractivity contribution in [1.82, 2.24) is 0 Å². The molecule has 0 spiro atoms. The third-order valence-electron chi connectivity index (χ3n) is 4.98. The molecule has 0 heterocycles. The molecular formula is C15H28.